The Balaban J connectivity index is 0. The van der Waals surface area contributed by atoms with Gasteiger partial charge in [0.15, 0.2) is 0 Å². The molecule has 0 fully saturated rings. The Morgan fingerprint density at radius 3 is 0.0152 bits per heavy atom. The maximum Gasteiger partial charge on any atom is 3.00 e. The van der Waals surface area contributed by atoms with Gasteiger partial charge in [-0.05, 0) is 0 Å². The molecule has 70 radical (unpaired) electrons. The fraction of sp³-hybridized carbons (Fsp3) is 0. The van der Waals surface area contributed by atoms with Crippen LogP contribution in [0.1, 0.15) is 0 Å². The molecule has 0 saturated heterocycles. The summed E-state index contributed by atoms with van der Waals surface area (Å²) >= 11 is 0. The van der Waals surface area contributed by atoms with Gasteiger partial charge < -0.3 is 531 Å². The van der Waals surface area contributed by atoms with Gasteiger partial charge in [0.1, 0.15) is 0 Å². The topological polar surface area (TPSA) is 2760 Å². The Labute approximate surface area is 1420 Å². The summed E-state index contributed by atoms with van der Waals surface area (Å²) in [4.78, 5) is 0. The van der Waals surface area contributed by atoms with Gasteiger partial charge in [0, 0.05) is 0 Å². The van der Waals surface area contributed by atoms with Crippen LogP contribution in [0.2, 0.25) is 0 Å². The van der Waals surface area contributed by atoms with Crippen LogP contribution in [0.25, 0.3) is 0 Å². The zero-order valence-electron chi connectivity index (χ0n) is 55.3. The monoisotopic (exact) mass is 8870 g/mol. The van der Waals surface area contributed by atoms with Crippen molar-refractivity contribution in [1.29, 1.82) is 0 Å². The van der Waals surface area contributed by atoms with Gasteiger partial charge in [-0.3, -0.25) is 0 Å². The number of hydrogen-bond donors (Lipinski definition) is 0. The van der Waals surface area contributed by atoms with Crippen molar-refractivity contribution < 1.29 is 531 Å². The minimum absolute atomic E-state index is 0. The molecule has 0 aromatic carbocycles. The third kappa shape index (κ3) is 5230. The van der Waals surface area contributed by atoms with Crippen molar-refractivity contribution in [2.24, 2.45) is 0 Å². The maximum absolute atomic E-state index is 0. The van der Waals surface area contributed by atoms with E-state index in [9.17, 15) is 0 Å². The van der Waals surface area contributed by atoms with Crippen molar-refractivity contribution in [3.63, 3.8) is 0 Å². The zero-order chi connectivity index (χ0) is 0. The molecular formula is Bi35O97-89. The van der Waals surface area contributed by atoms with Gasteiger partial charge in [-0.15, -0.1) is 0 Å². The molecule has 0 N–H and O–H groups in total. The molecule has 0 amide bonds. The summed E-state index contributed by atoms with van der Waals surface area (Å²) < 4.78 is 0. The van der Waals surface area contributed by atoms with Crippen LogP contribution in [0.5, 0.6) is 0 Å². The van der Waals surface area contributed by atoms with Crippen molar-refractivity contribution in [3.05, 3.63) is 0 Å². The van der Waals surface area contributed by atoms with Crippen LogP contribution in [-0.4, -0.2) is 917 Å². The molecule has 0 bridgehead atoms. The minimum atomic E-state index is 0. The van der Waals surface area contributed by atoms with Crippen LogP contribution in [0, 0.1) is 0 Å². The van der Waals surface area contributed by atoms with Crippen molar-refractivity contribution >= 4 is 917 Å². The van der Waals surface area contributed by atoms with Crippen LogP contribution >= 0.6 is 0 Å². The van der Waals surface area contributed by atoms with E-state index in [1.165, 1.54) is 0 Å². The Hall–Kier alpha value is 27.0. The van der Waals surface area contributed by atoms with E-state index in [0.717, 1.165) is 0 Å². The Morgan fingerprint density at radius 1 is 0.0152 bits per heavy atom. The number of hydrogen-bond acceptors (Lipinski definition) is 0. The van der Waals surface area contributed by atoms with E-state index in [4.69, 9.17) is 0 Å². The molecule has 0 heterocycles. The van der Waals surface area contributed by atoms with E-state index < -0.39 is 0 Å². The third-order valence-corrected chi connectivity index (χ3v) is 0. The predicted molar refractivity (Wildman–Crippen MR) is 268 cm³/mol. The van der Waals surface area contributed by atoms with Crippen molar-refractivity contribution in [1.82, 2.24) is 0 Å². The molecule has 0 spiro atoms. The fourth-order valence-corrected chi connectivity index (χ4v) is 0. The quantitative estimate of drug-likeness (QED) is 0.204. The second-order valence-electron chi connectivity index (χ2n) is 0. The summed E-state index contributed by atoms with van der Waals surface area (Å²) in [6.07, 6.45) is 0. The van der Waals surface area contributed by atoms with E-state index in [0.29, 0.717) is 0 Å². The maximum atomic E-state index is 0. The first-order chi connectivity index (χ1) is 0. The first-order valence-electron chi connectivity index (χ1n) is 0. The standard InChI is InChI=1S/35Bi.97O/q35*+3;97*-2. The van der Waals surface area contributed by atoms with Crippen molar-refractivity contribution in [2.75, 3.05) is 0 Å². The van der Waals surface area contributed by atoms with Gasteiger partial charge >= 0.3 is 917 Å². The summed E-state index contributed by atoms with van der Waals surface area (Å²) in [5, 5.41) is 0. The summed E-state index contributed by atoms with van der Waals surface area (Å²) in [6.45, 7) is 0. The first-order valence-corrected chi connectivity index (χ1v) is 0. The molecular weight excluding hydrogens is 8870 g/mol. The van der Waals surface area contributed by atoms with Crippen molar-refractivity contribution in [2.45, 2.75) is 0 Å². The summed E-state index contributed by atoms with van der Waals surface area (Å²) in [5.41, 5.74) is 0. The molecule has 0 atom stereocenters. The molecule has 846 valence electrons. The van der Waals surface area contributed by atoms with Gasteiger partial charge in [0.2, 0.25) is 0 Å². The average molecular weight is 8870 g/mol. The molecule has 0 aromatic rings. The van der Waals surface area contributed by atoms with E-state index in [1.807, 2.05) is 0 Å². The third-order valence-electron chi connectivity index (χ3n) is 0. The zero-order valence-corrected chi connectivity index (χ0v) is 177. The SMILES string of the molecule is [Bi+3].[Bi+3].[Bi+3].[Bi+3].[Bi+3].[Bi+3].[Bi+3].[Bi+3].[Bi+3].[Bi+3].[Bi+3].[Bi+3].[Bi+3].[Bi+3].[Bi+3].[Bi+3].[Bi+3].[Bi+3].[Bi+3].[Bi+3].[Bi+3].[Bi+3].[Bi+3].[Bi+3].[Bi+3].[Bi+3].[Bi+3].[Bi+3].[Bi+3].[Bi+3].[Bi+3].[Bi+3].[Bi+3].[Bi+3].[Bi+3].[O-2].[O-2].[O-2].[O-2].[O-2].[O-2].[O-2].[O-2].[O-2].[O-2].[O-2].[O-2].[O-2].[O-2].[O-2].[O-2].[O-2].[O-2].[O-2].[O-2].[O-2].[O-2].[O-2].[O-2].[O-2].[O-2].[O-2].[O-2].[O-2].[O-2].[O-2].[O-2].[O-2].[O-2].[O-2].[O-2].[O-2].[O-2].[O-2].[O-2].[O-2].[O-2].[O-2].[O-2].[O-2].[O-2].[O-2].[O-2].[O-2].[O-2].[O-2].[O-2].[O-2].[O-2].[O-2].[O-2].[O-2].[O-2].[O-2].[O-2].[O-2].[O-2].[O-2].[O-2].[O-2].[O-2].[O-2].[O-2].[O-2].[O-2].[O-2].[O-2].[O-2].[O-2].[O-2].[O-2].[O-2].[O-2].[O-2].[O-2].[O-2].[O-2].[O-2].[O-2].[O-2].[O-2].[O-2].[O-2].[O-2].[O-2].[O-2].[O-2].[O-2].[O-2].[O-2].[O-2].[O-2]. The summed E-state index contributed by atoms with van der Waals surface area (Å²) in [5.74, 6) is 0. The first kappa shape index (κ1) is 5440. The Morgan fingerprint density at radius 2 is 0.0152 bits per heavy atom. The molecule has 0 aliphatic rings. The molecule has 0 rings (SSSR count). The van der Waals surface area contributed by atoms with Gasteiger partial charge in [0.05, 0.1) is 0 Å². The molecule has 132 heavy (non-hydrogen) atoms. The smallest absolute Gasteiger partial charge is 2.00 e. The van der Waals surface area contributed by atoms with Crippen LogP contribution < -0.4 is 0 Å². The predicted octanol–water partition coefficient (Wildman–Crippen LogP) is -24.9. The largest absolute Gasteiger partial charge is 3.00 e. The summed E-state index contributed by atoms with van der Waals surface area (Å²) in [6, 6.07) is 0. The number of rotatable bonds is 0. The molecule has 0 unspecified atom stereocenters. The Bertz CT molecular complexity index is 110. The average Bonchev–Trinajstić information content (AvgIpc) is 0. The van der Waals surface area contributed by atoms with Crippen LogP contribution in [0.15, 0.2) is 0 Å². The second-order valence-corrected chi connectivity index (χ2v) is 0. The van der Waals surface area contributed by atoms with Gasteiger partial charge in [-0.1, -0.05) is 0 Å². The Kier molecular flexibility index (Phi) is 220000. The van der Waals surface area contributed by atoms with Gasteiger partial charge in [0.25, 0.3) is 0 Å². The normalized spacial score (nSPS) is 0. The fourth-order valence-electron chi connectivity index (χ4n) is 0. The van der Waals surface area contributed by atoms with Crippen LogP contribution in [-0.2, 0) is 531 Å². The molecule has 0 aromatic heterocycles. The van der Waals surface area contributed by atoms with E-state index in [2.05, 4.69) is 0 Å². The molecule has 0 saturated carbocycles. The van der Waals surface area contributed by atoms with E-state index in [-0.39, 0.29) is 1450 Å². The second kappa shape index (κ2) is 5330. The van der Waals surface area contributed by atoms with Gasteiger partial charge in [-0.2, -0.15) is 0 Å². The minimum Gasteiger partial charge on any atom is -2.00 e. The molecule has 132 heteroatoms. The van der Waals surface area contributed by atoms with Crippen LogP contribution in [0.3, 0.4) is 0 Å². The van der Waals surface area contributed by atoms with E-state index in [1.54, 1.807) is 0 Å². The van der Waals surface area contributed by atoms with Crippen LogP contribution in [0.4, 0.5) is 0 Å². The van der Waals surface area contributed by atoms with E-state index >= 15 is 0 Å². The van der Waals surface area contributed by atoms with Gasteiger partial charge in [-0.25, -0.2) is 0 Å². The molecule has 0 aliphatic heterocycles. The molecule has 0 aliphatic carbocycles. The molecule has 97 nitrogen and oxygen atoms in total. The van der Waals surface area contributed by atoms with Crippen molar-refractivity contribution in [3.8, 4) is 0 Å². The summed E-state index contributed by atoms with van der Waals surface area (Å²) in [7, 11) is 0.